The SMILES string of the molecule is CCNC(=NCC(O)c1ccc(F)cc1)NCCc1ccc(Cl)cc1. The van der Waals surface area contributed by atoms with Crippen molar-refractivity contribution in [2.75, 3.05) is 19.6 Å². The second-order valence-corrected chi connectivity index (χ2v) is 6.03. The molecule has 25 heavy (non-hydrogen) atoms. The second-order valence-electron chi connectivity index (χ2n) is 5.59. The molecule has 1 atom stereocenters. The van der Waals surface area contributed by atoms with Gasteiger partial charge in [-0.05, 0) is 48.7 Å². The van der Waals surface area contributed by atoms with E-state index in [-0.39, 0.29) is 12.4 Å². The largest absolute Gasteiger partial charge is 0.386 e. The van der Waals surface area contributed by atoms with Crippen molar-refractivity contribution in [3.63, 3.8) is 0 Å². The maximum atomic E-state index is 12.9. The van der Waals surface area contributed by atoms with Crippen molar-refractivity contribution in [1.29, 1.82) is 0 Å². The van der Waals surface area contributed by atoms with Gasteiger partial charge < -0.3 is 15.7 Å². The molecule has 0 amide bonds. The van der Waals surface area contributed by atoms with Crippen LogP contribution in [0.25, 0.3) is 0 Å². The number of guanidine groups is 1. The molecule has 1 unspecified atom stereocenters. The number of hydrogen-bond donors (Lipinski definition) is 3. The van der Waals surface area contributed by atoms with Crippen molar-refractivity contribution < 1.29 is 9.50 Å². The minimum absolute atomic E-state index is 0.196. The predicted molar refractivity (Wildman–Crippen MR) is 100 cm³/mol. The summed E-state index contributed by atoms with van der Waals surface area (Å²) in [4.78, 5) is 4.39. The predicted octanol–water partition coefficient (Wildman–Crippen LogP) is 3.31. The lowest BCUT2D eigenvalue weighted by Gasteiger charge is -2.13. The van der Waals surface area contributed by atoms with Gasteiger partial charge >= 0.3 is 0 Å². The summed E-state index contributed by atoms with van der Waals surface area (Å²) in [6, 6.07) is 13.5. The van der Waals surface area contributed by atoms with Gasteiger partial charge in [0.05, 0.1) is 12.6 Å². The maximum Gasteiger partial charge on any atom is 0.191 e. The molecule has 2 aromatic rings. The molecule has 2 rings (SSSR count). The second kappa shape index (κ2) is 10.0. The van der Waals surface area contributed by atoms with Crippen LogP contribution in [0.15, 0.2) is 53.5 Å². The number of aliphatic imine (C=N–C) groups is 1. The van der Waals surface area contributed by atoms with E-state index in [2.05, 4.69) is 15.6 Å². The number of nitrogens with one attached hydrogen (secondary N) is 2. The monoisotopic (exact) mass is 363 g/mol. The van der Waals surface area contributed by atoms with E-state index in [4.69, 9.17) is 11.6 Å². The van der Waals surface area contributed by atoms with Gasteiger partial charge in [-0.15, -0.1) is 0 Å². The van der Waals surface area contributed by atoms with Crippen molar-refractivity contribution in [1.82, 2.24) is 10.6 Å². The Morgan fingerprint density at radius 1 is 1.12 bits per heavy atom. The Morgan fingerprint density at radius 2 is 1.80 bits per heavy atom. The van der Waals surface area contributed by atoms with Gasteiger partial charge in [-0.25, -0.2) is 4.39 Å². The molecule has 0 heterocycles. The zero-order valence-electron chi connectivity index (χ0n) is 14.2. The van der Waals surface area contributed by atoms with E-state index >= 15 is 0 Å². The number of aliphatic hydroxyl groups is 1. The van der Waals surface area contributed by atoms with Crippen molar-refractivity contribution in [2.45, 2.75) is 19.4 Å². The minimum Gasteiger partial charge on any atom is -0.386 e. The molecule has 0 spiro atoms. The van der Waals surface area contributed by atoms with Crippen LogP contribution in [0.1, 0.15) is 24.2 Å². The topological polar surface area (TPSA) is 56.7 Å². The molecule has 0 aliphatic rings. The number of benzene rings is 2. The van der Waals surface area contributed by atoms with Crippen LogP contribution in [0.2, 0.25) is 5.02 Å². The Labute approximate surface area is 152 Å². The summed E-state index contributed by atoms with van der Waals surface area (Å²) < 4.78 is 12.9. The van der Waals surface area contributed by atoms with Crippen LogP contribution in [0.3, 0.4) is 0 Å². The quantitative estimate of drug-likeness (QED) is 0.522. The average Bonchev–Trinajstić information content (AvgIpc) is 2.61. The van der Waals surface area contributed by atoms with Gasteiger partial charge in [0.15, 0.2) is 5.96 Å². The van der Waals surface area contributed by atoms with Crippen molar-refractivity contribution in [2.24, 2.45) is 4.99 Å². The molecule has 0 aliphatic heterocycles. The summed E-state index contributed by atoms with van der Waals surface area (Å²) in [5.74, 6) is 0.314. The third-order valence-corrected chi connectivity index (χ3v) is 3.89. The molecular formula is C19H23ClFN3O. The fourth-order valence-electron chi connectivity index (χ4n) is 2.29. The number of nitrogens with zero attached hydrogens (tertiary/aromatic N) is 1. The van der Waals surface area contributed by atoms with Crippen LogP contribution in [0, 0.1) is 5.82 Å². The van der Waals surface area contributed by atoms with E-state index in [9.17, 15) is 9.50 Å². The summed E-state index contributed by atoms with van der Waals surface area (Å²) in [6.45, 7) is 3.61. The van der Waals surface area contributed by atoms with Gasteiger partial charge in [0.25, 0.3) is 0 Å². The Morgan fingerprint density at radius 3 is 2.44 bits per heavy atom. The third kappa shape index (κ3) is 6.72. The molecule has 0 saturated carbocycles. The van der Waals surface area contributed by atoms with Gasteiger partial charge in [0.1, 0.15) is 5.82 Å². The first-order chi connectivity index (χ1) is 12.1. The highest BCUT2D eigenvalue weighted by molar-refractivity contribution is 6.30. The summed E-state index contributed by atoms with van der Waals surface area (Å²) >= 11 is 5.88. The summed E-state index contributed by atoms with van der Waals surface area (Å²) in [6.07, 6.45) is 0.0644. The number of rotatable bonds is 7. The molecule has 0 fully saturated rings. The number of aliphatic hydroxyl groups excluding tert-OH is 1. The molecule has 3 N–H and O–H groups in total. The highest BCUT2D eigenvalue weighted by Crippen LogP contribution is 2.13. The number of halogens is 2. The fraction of sp³-hybridized carbons (Fsp3) is 0.316. The van der Waals surface area contributed by atoms with Crippen molar-refractivity contribution >= 4 is 17.6 Å². The lowest BCUT2D eigenvalue weighted by atomic mass is 10.1. The van der Waals surface area contributed by atoms with Crippen LogP contribution < -0.4 is 10.6 Å². The van der Waals surface area contributed by atoms with Gasteiger partial charge in [-0.3, -0.25) is 4.99 Å². The Balaban J connectivity index is 1.86. The van der Waals surface area contributed by atoms with Crippen molar-refractivity contribution in [3.8, 4) is 0 Å². The van der Waals surface area contributed by atoms with E-state index in [0.717, 1.165) is 18.0 Å². The average molecular weight is 364 g/mol. The Bertz CT molecular complexity index is 674. The first-order valence-electron chi connectivity index (χ1n) is 8.28. The highest BCUT2D eigenvalue weighted by atomic mass is 35.5. The van der Waals surface area contributed by atoms with Crippen LogP contribution >= 0.6 is 11.6 Å². The standard InChI is InChI=1S/C19H23ClFN3O/c1-2-22-19(23-12-11-14-3-7-16(20)8-4-14)24-13-18(25)15-5-9-17(21)10-6-15/h3-10,18,25H,2,11-13H2,1H3,(H2,22,23,24). The van der Waals surface area contributed by atoms with Gasteiger partial charge in [0.2, 0.25) is 0 Å². The van der Waals surface area contributed by atoms with E-state index in [1.165, 1.54) is 17.7 Å². The minimum atomic E-state index is -0.771. The van der Waals surface area contributed by atoms with Crippen LogP contribution in [0.4, 0.5) is 4.39 Å². The maximum absolute atomic E-state index is 12.9. The summed E-state index contributed by atoms with van der Waals surface area (Å²) in [5, 5.41) is 17.3. The van der Waals surface area contributed by atoms with Gasteiger partial charge in [0, 0.05) is 18.1 Å². The zero-order valence-corrected chi connectivity index (χ0v) is 14.9. The molecule has 2 aromatic carbocycles. The summed E-state index contributed by atoms with van der Waals surface area (Å²) in [7, 11) is 0. The fourth-order valence-corrected chi connectivity index (χ4v) is 2.41. The van der Waals surface area contributed by atoms with E-state index in [1.54, 1.807) is 12.1 Å². The molecule has 0 aliphatic carbocycles. The Kier molecular flexibility index (Phi) is 7.70. The molecule has 0 saturated heterocycles. The lowest BCUT2D eigenvalue weighted by Crippen LogP contribution is -2.38. The first kappa shape index (κ1) is 19.2. The van der Waals surface area contributed by atoms with Gasteiger partial charge in [-0.2, -0.15) is 0 Å². The lowest BCUT2D eigenvalue weighted by molar-refractivity contribution is 0.187. The molecule has 0 aromatic heterocycles. The molecule has 0 radical (unpaired) electrons. The third-order valence-electron chi connectivity index (χ3n) is 3.64. The molecule has 6 heteroatoms. The smallest absolute Gasteiger partial charge is 0.191 e. The van der Waals surface area contributed by atoms with Crippen LogP contribution in [0.5, 0.6) is 0 Å². The first-order valence-corrected chi connectivity index (χ1v) is 8.66. The molecule has 134 valence electrons. The number of hydrogen-bond acceptors (Lipinski definition) is 2. The summed E-state index contributed by atoms with van der Waals surface area (Å²) in [5.41, 5.74) is 1.82. The van der Waals surface area contributed by atoms with E-state index in [0.29, 0.717) is 18.1 Å². The molecule has 4 nitrogen and oxygen atoms in total. The van der Waals surface area contributed by atoms with E-state index < -0.39 is 6.10 Å². The van der Waals surface area contributed by atoms with Crippen molar-refractivity contribution in [3.05, 3.63) is 70.5 Å². The van der Waals surface area contributed by atoms with Crippen LogP contribution in [-0.4, -0.2) is 30.7 Å². The molecule has 0 bridgehead atoms. The normalized spacial score (nSPS) is 12.7. The van der Waals surface area contributed by atoms with E-state index in [1.807, 2.05) is 31.2 Å². The van der Waals surface area contributed by atoms with Crippen LogP contribution in [-0.2, 0) is 6.42 Å². The Hall–Kier alpha value is -2.11. The zero-order chi connectivity index (χ0) is 18.1. The van der Waals surface area contributed by atoms with Gasteiger partial charge in [-0.1, -0.05) is 35.9 Å². The highest BCUT2D eigenvalue weighted by Gasteiger charge is 2.07. The molecular weight excluding hydrogens is 341 g/mol.